The number of aldehydes is 1. The molecule has 1 aromatic heterocycles. The number of pyridine rings is 1. The molecule has 0 saturated heterocycles. The first-order valence-electron chi connectivity index (χ1n) is 4.35. The highest BCUT2D eigenvalue weighted by Crippen LogP contribution is 2.34. The summed E-state index contributed by atoms with van der Waals surface area (Å²) in [6.07, 6.45) is 1.89. The first-order valence-corrected chi connectivity index (χ1v) is 4.35. The van der Waals surface area contributed by atoms with Crippen LogP contribution in [0.25, 0.3) is 10.9 Å². The number of carbonyl (C=O) groups is 1. The first-order chi connectivity index (χ1) is 7.65. The highest BCUT2D eigenvalue weighted by molar-refractivity contribution is 6.01. The molecule has 2 rings (SSSR count). The van der Waals surface area contributed by atoms with Crippen LogP contribution in [-0.2, 0) is 0 Å². The second-order valence-electron chi connectivity index (χ2n) is 3.11. The number of fused-ring (bicyclic) bond motifs is 1. The topological polar surface area (TPSA) is 93.3 Å². The van der Waals surface area contributed by atoms with Crippen molar-refractivity contribution >= 4 is 22.9 Å². The molecule has 0 aliphatic rings. The van der Waals surface area contributed by atoms with Crippen molar-refractivity contribution in [3.8, 4) is 5.75 Å². The molecule has 0 saturated carbocycles. The third-order valence-electron chi connectivity index (χ3n) is 2.20. The summed E-state index contributed by atoms with van der Waals surface area (Å²) in [5, 5.41) is 20.6. The second kappa shape index (κ2) is 3.58. The second-order valence-corrected chi connectivity index (χ2v) is 3.11. The quantitative estimate of drug-likeness (QED) is 0.470. The number of rotatable bonds is 2. The van der Waals surface area contributed by atoms with Crippen molar-refractivity contribution in [2.45, 2.75) is 0 Å². The van der Waals surface area contributed by atoms with Gasteiger partial charge in [-0.15, -0.1) is 0 Å². The average Bonchev–Trinajstić information content (AvgIpc) is 2.29. The third kappa shape index (κ3) is 1.36. The summed E-state index contributed by atoms with van der Waals surface area (Å²) >= 11 is 0. The Labute approximate surface area is 89.3 Å². The standard InChI is InChI=1S/C10H6N2O4/c13-5-6-4-8(12(15)16)10(14)9-7(6)2-1-3-11-9/h1-5,14H. The van der Waals surface area contributed by atoms with Crippen LogP contribution in [0.4, 0.5) is 5.69 Å². The fraction of sp³-hybridized carbons (Fsp3) is 0. The van der Waals surface area contributed by atoms with Gasteiger partial charge in [-0.3, -0.25) is 19.9 Å². The van der Waals surface area contributed by atoms with Crippen molar-refractivity contribution < 1.29 is 14.8 Å². The van der Waals surface area contributed by atoms with Crippen LogP contribution in [0.1, 0.15) is 10.4 Å². The Bertz CT molecular complexity index is 595. The number of carbonyl (C=O) groups excluding carboxylic acids is 1. The van der Waals surface area contributed by atoms with Crippen molar-refractivity contribution in [2.24, 2.45) is 0 Å². The number of nitrogens with zero attached hydrogens (tertiary/aromatic N) is 2. The van der Waals surface area contributed by atoms with Crippen LogP contribution in [0.3, 0.4) is 0 Å². The molecule has 0 aliphatic carbocycles. The van der Waals surface area contributed by atoms with E-state index < -0.39 is 16.4 Å². The van der Waals surface area contributed by atoms with E-state index in [2.05, 4.69) is 4.98 Å². The molecule has 0 amide bonds. The molecule has 0 atom stereocenters. The number of phenols is 1. The van der Waals surface area contributed by atoms with Gasteiger partial charge in [-0.05, 0) is 6.07 Å². The van der Waals surface area contributed by atoms with Crippen LogP contribution in [0.2, 0.25) is 0 Å². The van der Waals surface area contributed by atoms with Gasteiger partial charge in [0.25, 0.3) is 0 Å². The van der Waals surface area contributed by atoms with Crippen molar-refractivity contribution in [3.63, 3.8) is 0 Å². The summed E-state index contributed by atoms with van der Waals surface area (Å²) in [6, 6.07) is 4.18. The molecule has 16 heavy (non-hydrogen) atoms. The van der Waals surface area contributed by atoms with Crippen LogP contribution >= 0.6 is 0 Å². The van der Waals surface area contributed by atoms with Crippen LogP contribution < -0.4 is 0 Å². The molecule has 0 unspecified atom stereocenters. The normalized spacial score (nSPS) is 10.2. The lowest BCUT2D eigenvalue weighted by atomic mass is 10.1. The van der Waals surface area contributed by atoms with Gasteiger partial charge in [-0.1, -0.05) is 6.07 Å². The Hall–Kier alpha value is -2.50. The predicted molar refractivity (Wildman–Crippen MR) is 55.4 cm³/mol. The van der Waals surface area contributed by atoms with E-state index in [1.54, 1.807) is 12.1 Å². The van der Waals surface area contributed by atoms with E-state index in [4.69, 9.17) is 0 Å². The molecule has 0 bridgehead atoms. The zero-order valence-corrected chi connectivity index (χ0v) is 7.95. The highest BCUT2D eigenvalue weighted by Gasteiger charge is 2.19. The molecule has 6 heteroatoms. The number of aromatic hydroxyl groups is 1. The lowest BCUT2D eigenvalue weighted by Crippen LogP contribution is -1.94. The zero-order valence-electron chi connectivity index (χ0n) is 7.95. The number of nitro groups is 1. The largest absolute Gasteiger partial charge is 0.501 e. The minimum absolute atomic E-state index is 0.0544. The maximum atomic E-state index is 10.8. The average molecular weight is 218 g/mol. The van der Waals surface area contributed by atoms with E-state index in [0.717, 1.165) is 6.07 Å². The van der Waals surface area contributed by atoms with Crippen molar-refractivity contribution in [3.05, 3.63) is 40.1 Å². The van der Waals surface area contributed by atoms with Crippen LogP contribution in [0, 0.1) is 10.1 Å². The molecule has 0 fully saturated rings. The monoisotopic (exact) mass is 218 g/mol. The number of aromatic nitrogens is 1. The van der Waals surface area contributed by atoms with Gasteiger partial charge in [0.15, 0.2) is 6.29 Å². The zero-order chi connectivity index (χ0) is 11.7. The Morgan fingerprint density at radius 3 is 2.88 bits per heavy atom. The SMILES string of the molecule is O=Cc1cc([N+](=O)[O-])c(O)c2ncccc12. The van der Waals surface area contributed by atoms with E-state index in [1.807, 2.05) is 0 Å². The summed E-state index contributed by atoms with van der Waals surface area (Å²) < 4.78 is 0. The third-order valence-corrected chi connectivity index (χ3v) is 2.20. The van der Waals surface area contributed by atoms with Gasteiger partial charge >= 0.3 is 5.69 Å². The summed E-state index contributed by atoms with van der Waals surface area (Å²) in [4.78, 5) is 24.5. The molecule has 80 valence electrons. The molecule has 1 N–H and O–H groups in total. The van der Waals surface area contributed by atoms with Gasteiger partial charge in [0, 0.05) is 23.2 Å². The van der Waals surface area contributed by atoms with Gasteiger partial charge < -0.3 is 5.11 Å². The molecular weight excluding hydrogens is 212 g/mol. The summed E-state index contributed by atoms with van der Waals surface area (Å²) in [6.45, 7) is 0. The smallest absolute Gasteiger partial charge is 0.313 e. The number of nitro benzene ring substituents is 1. The molecular formula is C10H6N2O4. The maximum absolute atomic E-state index is 10.8. The van der Waals surface area contributed by atoms with Crippen LogP contribution in [-0.4, -0.2) is 21.3 Å². The molecule has 0 aliphatic heterocycles. The number of phenolic OH excluding ortho intramolecular Hbond substituents is 1. The first kappa shape index (κ1) is 10.0. The highest BCUT2D eigenvalue weighted by atomic mass is 16.6. The maximum Gasteiger partial charge on any atom is 0.313 e. The van der Waals surface area contributed by atoms with Crippen LogP contribution in [0.5, 0.6) is 5.75 Å². The molecule has 1 heterocycles. The lowest BCUT2D eigenvalue weighted by molar-refractivity contribution is -0.385. The lowest BCUT2D eigenvalue weighted by Gasteiger charge is -2.03. The number of benzene rings is 1. The summed E-state index contributed by atoms with van der Waals surface area (Å²) in [7, 11) is 0. The fourth-order valence-corrected chi connectivity index (χ4v) is 1.48. The Morgan fingerprint density at radius 1 is 1.50 bits per heavy atom. The number of hydrogen-bond acceptors (Lipinski definition) is 5. The van der Waals surface area contributed by atoms with E-state index in [-0.39, 0.29) is 11.1 Å². The molecule has 6 nitrogen and oxygen atoms in total. The van der Waals surface area contributed by atoms with Gasteiger partial charge in [-0.2, -0.15) is 0 Å². The Balaban J connectivity index is 2.93. The minimum Gasteiger partial charge on any atom is -0.501 e. The van der Waals surface area contributed by atoms with E-state index in [1.165, 1.54) is 6.20 Å². The van der Waals surface area contributed by atoms with E-state index in [0.29, 0.717) is 11.7 Å². The van der Waals surface area contributed by atoms with Gasteiger partial charge in [0.05, 0.1) is 4.92 Å². The van der Waals surface area contributed by atoms with E-state index in [9.17, 15) is 20.0 Å². The molecule has 1 aromatic carbocycles. The molecule has 0 radical (unpaired) electrons. The molecule has 0 spiro atoms. The fourth-order valence-electron chi connectivity index (χ4n) is 1.48. The van der Waals surface area contributed by atoms with Gasteiger partial charge in [0.2, 0.25) is 5.75 Å². The van der Waals surface area contributed by atoms with Gasteiger partial charge in [-0.25, -0.2) is 0 Å². The molecule has 2 aromatic rings. The van der Waals surface area contributed by atoms with Crippen molar-refractivity contribution in [1.82, 2.24) is 4.98 Å². The Kier molecular flexibility index (Phi) is 2.24. The number of hydrogen-bond donors (Lipinski definition) is 1. The predicted octanol–water partition coefficient (Wildman–Crippen LogP) is 1.66. The van der Waals surface area contributed by atoms with Crippen molar-refractivity contribution in [2.75, 3.05) is 0 Å². The van der Waals surface area contributed by atoms with E-state index >= 15 is 0 Å². The Morgan fingerprint density at radius 2 is 2.25 bits per heavy atom. The minimum atomic E-state index is -0.754. The summed E-state index contributed by atoms with van der Waals surface area (Å²) in [5.41, 5.74) is -0.334. The van der Waals surface area contributed by atoms with Gasteiger partial charge in [0.1, 0.15) is 5.52 Å². The van der Waals surface area contributed by atoms with Crippen molar-refractivity contribution in [1.29, 1.82) is 0 Å². The summed E-state index contributed by atoms with van der Waals surface area (Å²) in [5.74, 6) is -0.522. The van der Waals surface area contributed by atoms with Crippen LogP contribution in [0.15, 0.2) is 24.4 Å².